The first-order chi connectivity index (χ1) is 13.1. The predicted molar refractivity (Wildman–Crippen MR) is 99.0 cm³/mol. The van der Waals surface area contributed by atoms with Gasteiger partial charge in [-0.15, -0.1) is 0 Å². The van der Waals surface area contributed by atoms with E-state index < -0.39 is 5.54 Å². The van der Waals surface area contributed by atoms with Crippen LogP contribution in [0.5, 0.6) is 0 Å². The molecular weight excluding hydrogens is 342 g/mol. The summed E-state index contributed by atoms with van der Waals surface area (Å²) in [5.41, 5.74) is 1.18. The number of aryl methyl sites for hydroxylation is 1. The molecule has 0 spiro atoms. The third-order valence-corrected chi connectivity index (χ3v) is 5.14. The summed E-state index contributed by atoms with van der Waals surface area (Å²) in [6.07, 6.45) is 8.57. The van der Waals surface area contributed by atoms with E-state index in [1.54, 1.807) is 13.1 Å². The number of nitrogens with zero attached hydrogens (tertiary/aromatic N) is 4. The van der Waals surface area contributed by atoms with E-state index in [1.165, 1.54) is 0 Å². The summed E-state index contributed by atoms with van der Waals surface area (Å²) in [7, 11) is 0. The van der Waals surface area contributed by atoms with E-state index in [1.807, 2.05) is 41.2 Å². The van der Waals surface area contributed by atoms with E-state index >= 15 is 0 Å². The first kappa shape index (κ1) is 17.5. The molecular formula is C20H23N5O2. The van der Waals surface area contributed by atoms with Crippen LogP contribution in [0, 0.1) is 6.92 Å². The quantitative estimate of drug-likeness (QED) is 0.750. The fraction of sp³-hybridized carbons (Fsp3) is 0.400. The van der Waals surface area contributed by atoms with Crippen LogP contribution in [-0.2, 0) is 12.1 Å². The molecule has 0 radical (unpaired) electrons. The molecule has 4 rings (SSSR count). The maximum atomic E-state index is 12.9. The molecule has 7 nitrogen and oxygen atoms in total. The van der Waals surface area contributed by atoms with Gasteiger partial charge in [0.15, 0.2) is 5.82 Å². The van der Waals surface area contributed by atoms with Crippen molar-refractivity contribution in [2.24, 2.45) is 0 Å². The number of carbonyl (C=O) groups excluding carboxylic acids is 1. The molecule has 1 N–H and O–H groups in total. The molecule has 1 aromatic carbocycles. The summed E-state index contributed by atoms with van der Waals surface area (Å²) in [6.45, 7) is 2.45. The molecule has 1 aliphatic carbocycles. The minimum Gasteiger partial charge on any atom is -0.340 e. The van der Waals surface area contributed by atoms with Crippen LogP contribution in [0.2, 0.25) is 0 Å². The Bertz CT molecular complexity index is 893. The molecule has 140 valence electrons. The second kappa shape index (κ2) is 7.34. The Morgan fingerprint density at radius 2 is 2.00 bits per heavy atom. The highest BCUT2D eigenvalue weighted by Crippen LogP contribution is 2.36. The molecule has 1 amide bonds. The summed E-state index contributed by atoms with van der Waals surface area (Å²) in [6, 6.07) is 9.52. The van der Waals surface area contributed by atoms with Crippen LogP contribution >= 0.6 is 0 Å². The highest BCUT2D eigenvalue weighted by molar-refractivity contribution is 5.94. The highest BCUT2D eigenvalue weighted by atomic mass is 16.5. The normalized spacial score (nSPS) is 16.2. The average Bonchev–Trinajstić information content (AvgIpc) is 3.35. The van der Waals surface area contributed by atoms with Gasteiger partial charge in [-0.25, -0.2) is 0 Å². The fourth-order valence-electron chi connectivity index (χ4n) is 3.69. The van der Waals surface area contributed by atoms with E-state index in [0.717, 1.165) is 37.7 Å². The van der Waals surface area contributed by atoms with Crippen molar-refractivity contribution in [1.29, 1.82) is 0 Å². The maximum absolute atomic E-state index is 12.9. The van der Waals surface area contributed by atoms with Crippen molar-refractivity contribution in [3.8, 4) is 0 Å². The fourth-order valence-corrected chi connectivity index (χ4v) is 3.69. The van der Waals surface area contributed by atoms with E-state index in [0.29, 0.717) is 23.8 Å². The Labute approximate surface area is 157 Å². The molecule has 27 heavy (non-hydrogen) atoms. The number of hydrogen-bond donors (Lipinski definition) is 1. The summed E-state index contributed by atoms with van der Waals surface area (Å²) in [5.74, 6) is 1.00. The first-order valence-corrected chi connectivity index (χ1v) is 9.34. The van der Waals surface area contributed by atoms with Crippen LogP contribution in [0.25, 0.3) is 0 Å². The van der Waals surface area contributed by atoms with Crippen molar-refractivity contribution in [1.82, 2.24) is 25.2 Å². The van der Waals surface area contributed by atoms with Crippen LogP contribution in [0.3, 0.4) is 0 Å². The molecule has 2 heterocycles. The minimum absolute atomic E-state index is 0.106. The van der Waals surface area contributed by atoms with E-state index in [2.05, 4.69) is 20.6 Å². The van der Waals surface area contributed by atoms with Crippen molar-refractivity contribution in [2.45, 2.75) is 51.1 Å². The van der Waals surface area contributed by atoms with Crippen molar-refractivity contribution in [3.63, 3.8) is 0 Å². The maximum Gasteiger partial charge on any atom is 0.252 e. The van der Waals surface area contributed by atoms with E-state index in [4.69, 9.17) is 4.52 Å². The third-order valence-electron chi connectivity index (χ3n) is 5.14. The molecule has 1 saturated carbocycles. The number of rotatable bonds is 5. The molecule has 1 fully saturated rings. The molecule has 7 heteroatoms. The zero-order valence-electron chi connectivity index (χ0n) is 15.4. The lowest BCUT2D eigenvalue weighted by Crippen LogP contribution is -2.48. The van der Waals surface area contributed by atoms with Gasteiger partial charge in [0.25, 0.3) is 5.91 Å². The summed E-state index contributed by atoms with van der Waals surface area (Å²) < 4.78 is 7.03. The van der Waals surface area contributed by atoms with Crippen LogP contribution in [0.1, 0.15) is 59.7 Å². The van der Waals surface area contributed by atoms with Crippen molar-refractivity contribution < 1.29 is 9.32 Å². The van der Waals surface area contributed by atoms with Gasteiger partial charge in [-0.3, -0.25) is 9.48 Å². The van der Waals surface area contributed by atoms with Crippen LogP contribution < -0.4 is 5.32 Å². The Kier molecular flexibility index (Phi) is 4.75. The monoisotopic (exact) mass is 365 g/mol. The zero-order chi connectivity index (χ0) is 18.7. The number of hydrogen-bond acceptors (Lipinski definition) is 5. The predicted octanol–water partition coefficient (Wildman–Crippen LogP) is 3.21. The average molecular weight is 365 g/mol. The zero-order valence-corrected chi connectivity index (χ0v) is 15.4. The lowest BCUT2D eigenvalue weighted by molar-refractivity contribution is 0.0855. The second-order valence-electron chi connectivity index (χ2n) is 7.13. The van der Waals surface area contributed by atoms with Crippen molar-refractivity contribution in [2.75, 3.05) is 0 Å². The first-order valence-electron chi connectivity index (χ1n) is 9.34. The van der Waals surface area contributed by atoms with Crippen LogP contribution in [0.4, 0.5) is 0 Å². The lowest BCUT2D eigenvalue weighted by Gasteiger charge is -2.35. The van der Waals surface area contributed by atoms with Gasteiger partial charge >= 0.3 is 0 Å². The Balaban J connectivity index is 1.51. The van der Waals surface area contributed by atoms with Crippen LogP contribution in [-0.4, -0.2) is 25.8 Å². The molecule has 0 unspecified atom stereocenters. The molecule has 1 aliphatic rings. The standard InChI is InChI=1S/C20H23N5O2/c1-15-22-19(24-27-15)20(10-3-2-4-11-20)23-18(26)17-8-6-16(7-9-17)14-25-13-5-12-21-25/h5-9,12-13H,2-4,10-11,14H2,1H3,(H,23,26). The Morgan fingerprint density at radius 1 is 1.22 bits per heavy atom. The third kappa shape index (κ3) is 3.77. The molecule has 0 atom stereocenters. The highest BCUT2D eigenvalue weighted by Gasteiger charge is 2.39. The van der Waals surface area contributed by atoms with Gasteiger partial charge in [-0.1, -0.05) is 36.6 Å². The van der Waals surface area contributed by atoms with Crippen LogP contribution in [0.15, 0.2) is 47.2 Å². The number of carbonyl (C=O) groups is 1. The van der Waals surface area contributed by atoms with Gasteiger partial charge in [-0.05, 0) is 36.6 Å². The molecule has 0 aliphatic heterocycles. The second-order valence-corrected chi connectivity index (χ2v) is 7.13. The molecule has 3 aromatic rings. The van der Waals surface area contributed by atoms with Gasteiger partial charge in [0.1, 0.15) is 5.54 Å². The molecule has 0 bridgehead atoms. The topological polar surface area (TPSA) is 85.8 Å². The van der Waals surface area contributed by atoms with Gasteiger partial charge in [0.2, 0.25) is 5.89 Å². The van der Waals surface area contributed by atoms with Crippen molar-refractivity contribution >= 4 is 5.91 Å². The Hall–Kier alpha value is -2.96. The number of benzene rings is 1. The summed E-state index contributed by atoms with van der Waals surface area (Å²) in [5, 5.41) is 11.5. The summed E-state index contributed by atoms with van der Waals surface area (Å²) >= 11 is 0. The SMILES string of the molecule is Cc1nc(C2(NC(=O)c3ccc(Cn4cccn4)cc3)CCCCC2)no1. The Morgan fingerprint density at radius 3 is 2.63 bits per heavy atom. The van der Waals surface area contributed by atoms with E-state index in [9.17, 15) is 4.79 Å². The number of aromatic nitrogens is 4. The van der Waals surface area contributed by atoms with Gasteiger partial charge in [0, 0.05) is 24.9 Å². The number of nitrogens with one attached hydrogen (secondary N) is 1. The van der Waals surface area contributed by atoms with Gasteiger partial charge in [0.05, 0.1) is 6.54 Å². The number of amides is 1. The minimum atomic E-state index is -0.541. The van der Waals surface area contributed by atoms with Crippen molar-refractivity contribution in [3.05, 3.63) is 65.6 Å². The van der Waals surface area contributed by atoms with Gasteiger partial charge in [-0.2, -0.15) is 10.1 Å². The molecule has 0 saturated heterocycles. The molecule has 2 aromatic heterocycles. The summed E-state index contributed by atoms with van der Waals surface area (Å²) in [4.78, 5) is 17.3. The van der Waals surface area contributed by atoms with Gasteiger partial charge < -0.3 is 9.84 Å². The smallest absolute Gasteiger partial charge is 0.252 e. The lowest BCUT2D eigenvalue weighted by atomic mass is 9.80. The largest absolute Gasteiger partial charge is 0.340 e. The van der Waals surface area contributed by atoms with E-state index in [-0.39, 0.29) is 5.91 Å².